The molecule has 30 heavy (non-hydrogen) atoms. The van der Waals surface area contributed by atoms with E-state index in [1.165, 1.54) is 17.3 Å². The van der Waals surface area contributed by atoms with E-state index in [1.807, 2.05) is 25.1 Å². The van der Waals surface area contributed by atoms with Crippen molar-refractivity contribution in [3.8, 4) is 11.5 Å². The van der Waals surface area contributed by atoms with Gasteiger partial charge in [-0.15, -0.1) is 0 Å². The first-order valence-electron chi connectivity index (χ1n) is 9.39. The number of hydrazone groups is 1. The van der Waals surface area contributed by atoms with Crippen LogP contribution >= 0.6 is 11.6 Å². The molecule has 0 aliphatic heterocycles. The minimum atomic E-state index is -0.333. The van der Waals surface area contributed by atoms with E-state index < -0.39 is 0 Å². The van der Waals surface area contributed by atoms with Crippen LogP contribution in [0.4, 0.5) is 0 Å². The van der Waals surface area contributed by atoms with Gasteiger partial charge in [0.2, 0.25) is 0 Å². The molecule has 3 aromatic rings. The van der Waals surface area contributed by atoms with Crippen molar-refractivity contribution in [3.63, 3.8) is 0 Å². The molecule has 0 bridgehead atoms. The molecule has 1 heterocycles. The van der Waals surface area contributed by atoms with Gasteiger partial charge in [0.1, 0.15) is 24.7 Å². The van der Waals surface area contributed by atoms with E-state index >= 15 is 0 Å². The normalized spacial score (nSPS) is 10.8. The van der Waals surface area contributed by atoms with Crippen molar-refractivity contribution in [2.45, 2.75) is 13.8 Å². The molecule has 0 saturated carbocycles. The van der Waals surface area contributed by atoms with Crippen molar-refractivity contribution in [1.82, 2.24) is 10.4 Å². The molecule has 3 rings (SSSR count). The number of aromatic nitrogens is 1. The summed E-state index contributed by atoms with van der Waals surface area (Å²) < 4.78 is 11.6. The minimum Gasteiger partial charge on any atom is -0.490 e. The zero-order valence-corrected chi connectivity index (χ0v) is 17.5. The standard InChI is InChI=1S/C23H22ClN3O3/c1-16-3-5-21(13-17(16)2)29-11-12-30-22-6-4-20(24)14-19(22)15-26-27-23(28)18-7-9-25-10-8-18/h3-10,13-15H,11-12H2,1-2H3,(H,27,28)/b26-15-. The summed E-state index contributed by atoms with van der Waals surface area (Å²) in [5.41, 5.74) is 5.98. The molecule has 0 atom stereocenters. The van der Waals surface area contributed by atoms with Gasteiger partial charge in [-0.25, -0.2) is 5.43 Å². The van der Waals surface area contributed by atoms with Crippen molar-refractivity contribution in [1.29, 1.82) is 0 Å². The van der Waals surface area contributed by atoms with Gasteiger partial charge in [-0.3, -0.25) is 9.78 Å². The lowest BCUT2D eigenvalue weighted by Crippen LogP contribution is -2.17. The van der Waals surface area contributed by atoms with Gasteiger partial charge in [-0.05, 0) is 67.4 Å². The van der Waals surface area contributed by atoms with E-state index in [0.717, 1.165) is 5.75 Å². The average molecular weight is 424 g/mol. The summed E-state index contributed by atoms with van der Waals surface area (Å²) in [6.07, 6.45) is 4.58. The van der Waals surface area contributed by atoms with Crippen LogP contribution in [0.2, 0.25) is 5.02 Å². The van der Waals surface area contributed by atoms with E-state index in [2.05, 4.69) is 22.4 Å². The lowest BCUT2D eigenvalue weighted by Gasteiger charge is -2.11. The zero-order chi connectivity index (χ0) is 21.3. The van der Waals surface area contributed by atoms with Crippen LogP contribution in [0.1, 0.15) is 27.0 Å². The summed E-state index contributed by atoms with van der Waals surface area (Å²) in [6, 6.07) is 14.4. The van der Waals surface area contributed by atoms with Gasteiger partial charge < -0.3 is 9.47 Å². The van der Waals surface area contributed by atoms with Gasteiger partial charge in [0.25, 0.3) is 5.91 Å². The third kappa shape index (κ3) is 6.06. The number of hydrogen-bond acceptors (Lipinski definition) is 5. The Morgan fingerprint density at radius 1 is 1.03 bits per heavy atom. The van der Waals surface area contributed by atoms with E-state index in [-0.39, 0.29) is 5.91 Å². The van der Waals surface area contributed by atoms with Crippen molar-refractivity contribution >= 4 is 23.7 Å². The Balaban J connectivity index is 1.56. The lowest BCUT2D eigenvalue weighted by molar-refractivity contribution is 0.0955. The molecule has 0 fully saturated rings. The van der Waals surface area contributed by atoms with Gasteiger partial charge in [0, 0.05) is 28.5 Å². The first-order valence-corrected chi connectivity index (χ1v) is 9.76. The number of nitrogens with zero attached hydrogens (tertiary/aromatic N) is 2. The Kier molecular flexibility index (Phi) is 7.40. The first-order chi connectivity index (χ1) is 14.5. The van der Waals surface area contributed by atoms with E-state index in [0.29, 0.717) is 35.1 Å². The van der Waals surface area contributed by atoms with Crippen LogP contribution in [-0.2, 0) is 0 Å². The molecule has 7 heteroatoms. The van der Waals surface area contributed by atoms with Crippen molar-refractivity contribution < 1.29 is 14.3 Å². The van der Waals surface area contributed by atoms with Crippen LogP contribution in [0.25, 0.3) is 0 Å². The van der Waals surface area contributed by atoms with Crippen LogP contribution < -0.4 is 14.9 Å². The maximum absolute atomic E-state index is 12.1. The number of nitrogens with one attached hydrogen (secondary N) is 1. The molecular formula is C23H22ClN3O3. The Hall–Kier alpha value is -3.38. The Morgan fingerprint density at radius 2 is 1.80 bits per heavy atom. The topological polar surface area (TPSA) is 72.8 Å². The van der Waals surface area contributed by atoms with Gasteiger partial charge in [-0.2, -0.15) is 5.10 Å². The van der Waals surface area contributed by atoms with Gasteiger partial charge in [0.05, 0.1) is 6.21 Å². The second-order valence-corrected chi connectivity index (χ2v) is 7.00. The quantitative estimate of drug-likeness (QED) is 0.327. The number of halogens is 1. The SMILES string of the molecule is Cc1ccc(OCCOc2ccc(Cl)cc2/C=N\NC(=O)c2ccncc2)cc1C. The monoisotopic (exact) mass is 423 g/mol. The van der Waals surface area contributed by atoms with Gasteiger partial charge in [0.15, 0.2) is 0 Å². The molecule has 1 amide bonds. The maximum atomic E-state index is 12.1. The van der Waals surface area contributed by atoms with Crippen LogP contribution in [0.3, 0.4) is 0 Å². The molecular weight excluding hydrogens is 402 g/mol. The highest BCUT2D eigenvalue weighted by molar-refractivity contribution is 6.30. The predicted octanol–water partition coefficient (Wildman–Crippen LogP) is 4.57. The van der Waals surface area contributed by atoms with E-state index in [9.17, 15) is 4.79 Å². The smallest absolute Gasteiger partial charge is 0.271 e. The average Bonchev–Trinajstić information content (AvgIpc) is 2.75. The Labute approximate surface area is 180 Å². The first kappa shape index (κ1) is 21.3. The van der Waals surface area contributed by atoms with Crippen molar-refractivity contribution in [2.24, 2.45) is 5.10 Å². The molecule has 0 aliphatic carbocycles. The summed E-state index contributed by atoms with van der Waals surface area (Å²) >= 11 is 6.09. The Morgan fingerprint density at radius 3 is 2.57 bits per heavy atom. The summed E-state index contributed by atoms with van der Waals surface area (Å²) in [5.74, 6) is 1.06. The fraction of sp³-hybridized carbons (Fsp3) is 0.174. The molecule has 0 unspecified atom stereocenters. The van der Waals surface area contributed by atoms with Crippen molar-refractivity contribution in [2.75, 3.05) is 13.2 Å². The minimum absolute atomic E-state index is 0.333. The molecule has 2 aromatic carbocycles. The number of rotatable bonds is 8. The zero-order valence-electron chi connectivity index (χ0n) is 16.8. The molecule has 1 N–H and O–H groups in total. The highest BCUT2D eigenvalue weighted by Gasteiger charge is 2.06. The number of hydrogen-bond donors (Lipinski definition) is 1. The number of amides is 1. The van der Waals surface area contributed by atoms with Crippen LogP contribution in [0.5, 0.6) is 11.5 Å². The molecule has 0 aliphatic rings. The summed E-state index contributed by atoms with van der Waals surface area (Å²) in [5, 5.41) is 4.54. The number of carbonyl (C=O) groups is 1. The highest BCUT2D eigenvalue weighted by Crippen LogP contribution is 2.22. The van der Waals surface area contributed by atoms with Crippen molar-refractivity contribution in [3.05, 3.63) is 88.2 Å². The van der Waals surface area contributed by atoms with E-state index in [1.54, 1.807) is 42.7 Å². The molecule has 0 radical (unpaired) electrons. The van der Waals surface area contributed by atoms with E-state index in [4.69, 9.17) is 21.1 Å². The molecule has 6 nitrogen and oxygen atoms in total. The molecule has 154 valence electrons. The molecule has 1 aromatic heterocycles. The largest absolute Gasteiger partial charge is 0.490 e. The number of ether oxygens (including phenoxy) is 2. The van der Waals surface area contributed by atoms with Crippen LogP contribution in [0, 0.1) is 13.8 Å². The fourth-order valence-electron chi connectivity index (χ4n) is 2.59. The predicted molar refractivity (Wildman–Crippen MR) is 118 cm³/mol. The van der Waals surface area contributed by atoms with Gasteiger partial charge in [-0.1, -0.05) is 17.7 Å². The highest BCUT2D eigenvalue weighted by atomic mass is 35.5. The maximum Gasteiger partial charge on any atom is 0.271 e. The molecule has 0 saturated heterocycles. The van der Waals surface area contributed by atoms with Gasteiger partial charge >= 0.3 is 0 Å². The summed E-state index contributed by atoms with van der Waals surface area (Å²) in [7, 11) is 0. The Bertz CT molecular complexity index is 1040. The third-order valence-corrected chi connectivity index (χ3v) is 4.61. The van der Waals surface area contributed by atoms with Crippen LogP contribution in [0.15, 0.2) is 66.0 Å². The second kappa shape index (κ2) is 10.4. The summed E-state index contributed by atoms with van der Waals surface area (Å²) in [4.78, 5) is 15.9. The number of benzene rings is 2. The fourth-order valence-corrected chi connectivity index (χ4v) is 2.78. The summed E-state index contributed by atoms with van der Waals surface area (Å²) in [6.45, 7) is 4.84. The second-order valence-electron chi connectivity index (χ2n) is 6.56. The van der Waals surface area contributed by atoms with Crippen LogP contribution in [-0.4, -0.2) is 30.3 Å². The number of carbonyl (C=O) groups excluding carboxylic acids is 1. The third-order valence-electron chi connectivity index (χ3n) is 4.37. The molecule has 0 spiro atoms. The number of aryl methyl sites for hydroxylation is 2. The number of pyridine rings is 1. The lowest BCUT2D eigenvalue weighted by atomic mass is 10.1.